The van der Waals surface area contributed by atoms with E-state index in [0.29, 0.717) is 6.61 Å². The van der Waals surface area contributed by atoms with Crippen LogP contribution in [0.5, 0.6) is 11.5 Å². The molecule has 1 aromatic rings. The van der Waals surface area contributed by atoms with Gasteiger partial charge in [0.2, 0.25) is 0 Å². The molecule has 1 N–H and O–H groups in total. The summed E-state index contributed by atoms with van der Waals surface area (Å²) in [5, 5.41) is 3.25. The lowest BCUT2D eigenvalue weighted by molar-refractivity contribution is 0.220. The van der Waals surface area contributed by atoms with Gasteiger partial charge in [-0.05, 0) is 39.2 Å². The van der Waals surface area contributed by atoms with Gasteiger partial charge in [-0.3, -0.25) is 0 Å². The Kier molecular flexibility index (Phi) is 7.41. The molecule has 0 amide bonds. The highest BCUT2D eigenvalue weighted by Gasteiger charge is 2.16. The van der Waals surface area contributed by atoms with E-state index in [4.69, 9.17) is 9.47 Å². The van der Waals surface area contributed by atoms with Gasteiger partial charge in [-0.25, -0.2) is 0 Å². The van der Waals surface area contributed by atoms with E-state index in [9.17, 15) is 0 Å². The average molecular weight is 280 g/mol. The summed E-state index contributed by atoms with van der Waals surface area (Å²) < 4.78 is 11.4. The zero-order chi connectivity index (χ0) is 15.0. The largest absolute Gasteiger partial charge is 0.496 e. The van der Waals surface area contributed by atoms with Gasteiger partial charge in [-0.15, -0.1) is 0 Å². The molecule has 0 heterocycles. The molecule has 0 fully saturated rings. The molecule has 1 atom stereocenters. The molecule has 0 radical (unpaired) electrons. The smallest absolute Gasteiger partial charge is 0.127 e. The van der Waals surface area contributed by atoms with Gasteiger partial charge in [0.15, 0.2) is 0 Å². The number of hydrogen-bond donors (Lipinski definition) is 1. The van der Waals surface area contributed by atoms with Crippen LogP contribution in [-0.4, -0.2) is 45.3 Å². The number of nitrogens with one attached hydrogen (secondary N) is 1. The van der Waals surface area contributed by atoms with Crippen LogP contribution in [0.3, 0.4) is 0 Å². The highest BCUT2D eigenvalue weighted by molar-refractivity contribution is 5.46. The Morgan fingerprint density at radius 2 is 1.85 bits per heavy atom. The van der Waals surface area contributed by atoms with Crippen LogP contribution in [0, 0.1) is 0 Å². The van der Waals surface area contributed by atoms with E-state index in [0.717, 1.165) is 36.7 Å². The van der Waals surface area contributed by atoms with Crippen LogP contribution in [0.25, 0.3) is 0 Å². The van der Waals surface area contributed by atoms with Crippen molar-refractivity contribution in [1.29, 1.82) is 0 Å². The highest BCUT2D eigenvalue weighted by Crippen LogP contribution is 2.33. The van der Waals surface area contributed by atoms with Gasteiger partial charge < -0.3 is 19.7 Å². The molecule has 0 aliphatic heterocycles. The van der Waals surface area contributed by atoms with Crippen molar-refractivity contribution in [3.05, 3.63) is 23.8 Å². The Hall–Kier alpha value is -1.26. The van der Waals surface area contributed by atoms with Crippen LogP contribution >= 0.6 is 0 Å². The van der Waals surface area contributed by atoms with Crippen molar-refractivity contribution in [2.24, 2.45) is 0 Å². The molecule has 1 rings (SSSR count). The summed E-state index contributed by atoms with van der Waals surface area (Å²) in [5.74, 6) is 1.77. The van der Waals surface area contributed by atoms with E-state index in [1.54, 1.807) is 7.11 Å². The first kappa shape index (κ1) is 16.8. The van der Waals surface area contributed by atoms with Crippen molar-refractivity contribution in [1.82, 2.24) is 10.2 Å². The average Bonchev–Trinajstić information content (AvgIpc) is 2.50. The number of methoxy groups -OCH3 is 1. The van der Waals surface area contributed by atoms with Crippen molar-refractivity contribution >= 4 is 0 Å². The lowest BCUT2D eigenvalue weighted by atomic mass is 10.1. The molecule has 0 aliphatic carbocycles. The number of ether oxygens (including phenoxy) is 2. The first-order valence-corrected chi connectivity index (χ1v) is 7.37. The predicted octanol–water partition coefficient (Wildman–Crippen LogP) is 2.70. The Labute approximate surface area is 123 Å². The van der Waals surface area contributed by atoms with E-state index in [2.05, 4.69) is 31.0 Å². The molecule has 0 aliphatic rings. The van der Waals surface area contributed by atoms with Gasteiger partial charge in [-0.1, -0.05) is 19.9 Å². The van der Waals surface area contributed by atoms with Crippen LogP contribution in [0.15, 0.2) is 18.2 Å². The molecule has 0 saturated carbocycles. The Morgan fingerprint density at radius 3 is 2.40 bits per heavy atom. The third-order valence-corrected chi connectivity index (χ3v) is 3.67. The maximum absolute atomic E-state index is 5.98. The van der Waals surface area contributed by atoms with E-state index < -0.39 is 0 Å². The third kappa shape index (κ3) is 4.39. The fraction of sp³-hybridized carbons (Fsp3) is 0.625. The van der Waals surface area contributed by atoms with E-state index in [1.165, 1.54) is 0 Å². The van der Waals surface area contributed by atoms with Crippen LogP contribution < -0.4 is 14.8 Å². The fourth-order valence-electron chi connectivity index (χ4n) is 2.22. The summed E-state index contributed by atoms with van der Waals surface area (Å²) >= 11 is 0. The van der Waals surface area contributed by atoms with E-state index >= 15 is 0 Å². The summed E-state index contributed by atoms with van der Waals surface area (Å²) in [6, 6.07) is 6.14. The second-order valence-corrected chi connectivity index (χ2v) is 4.76. The summed E-state index contributed by atoms with van der Waals surface area (Å²) in [5.41, 5.74) is 1.08. The van der Waals surface area contributed by atoms with Gasteiger partial charge in [0.1, 0.15) is 18.1 Å². The van der Waals surface area contributed by atoms with E-state index in [-0.39, 0.29) is 6.04 Å². The maximum atomic E-state index is 5.98. The van der Waals surface area contributed by atoms with Crippen molar-refractivity contribution in [2.45, 2.75) is 26.8 Å². The highest BCUT2D eigenvalue weighted by atomic mass is 16.5. The molecular weight excluding hydrogens is 252 g/mol. The molecule has 4 heteroatoms. The predicted molar refractivity (Wildman–Crippen MR) is 83.8 cm³/mol. The SMILES string of the molecule is CCN(CC)CCOc1cccc(OC)c1C(C)NC. The molecular formula is C16H28N2O2. The quantitative estimate of drug-likeness (QED) is 0.754. The second kappa shape index (κ2) is 8.82. The molecule has 0 saturated heterocycles. The van der Waals surface area contributed by atoms with Gasteiger partial charge in [0.25, 0.3) is 0 Å². The topological polar surface area (TPSA) is 33.7 Å². The van der Waals surface area contributed by atoms with Crippen LogP contribution in [0.4, 0.5) is 0 Å². The maximum Gasteiger partial charge on any atom is 0.127 e. The molecule has 1 unspecified atom stereocenters. The minimum atomic E-state index is 0.189. The lowest BCUT2D eigenvalue weighted by Crippen LogP contribution is -2.28. The molecule has 20 heavy (non-hydrogen) atoms. The van der Waals surface area contributed by atoms with Crippen molar-refractivity contribution in [2.75, 3.05) is 40.4 Å². The Morgan fingerprint density at radius 1 is 1.20 bits per heavy atom. The number of rotatable bonds is 9. The fourth-order valence-corrected chi connectivity index (χ4v) is 2.22. The molecule has 4 nitrogen and oxygen atoms in total. The molecule has 0 aromatic heterocycles. The van der Waals surface area contributed by atoms with Gasteiger partial charge >= 0.3 is 0 Å². The number of likely N-dealkylation sites (N-methyl/N-ethyl adjacent to an activating group) is 1. The zero-order valence-corrected chi connectivity index (χ0v) is 13.4. The van der Waals surface area contributed by atoms with Gasteiger partial charge in [0, 0.05) is 12.6 Å². The number of benzene rings is 1. The number of hydrogen-bond acceptors (Lipinski definition) is 4. The Bertz CT molecular complexity index is 392. The van der Waals surface area contributed by atoms with Crippen LogP contribution in [-0.2, 0) is 0 Å². The zero-order valence-electron chi connectivity index (χ0n) is 13.4. The third-order valence-electron chi connectivity index (χ3n) is 3.67. The van der Waals surface area contributed by atoms with Crippen molar-refractivity contribution in [3.63, 3.8) is 0 Å². The summed E-state index contributed by atoms with van der Waals surface area (Å²) in [6.07, 6.45) is 0. The van der Waals surface area contributed by atoms with Crippen molar-refractivity contribution in [3.8, 4) is 11.5 Å². The van der Waals surface area contributed by atoms with Crippen molar-refractivity contribution < 1.29 is 9.47 Å². The lowest BCUT2D eigenvalue weighted by Gasteiger charge is -2.21. The second-order valence-electron chi connectivity index (χ2n) is 4.76. The first-order chi connectivity index (χ1) is 9.67. The standard InChI is InChI=1S/C16H28N2O2/c1-6-18(7-2)11-12-20-15-10-8-9-14(19-5)16(15)13(3)17-4/h8-10,13,17H,6-7,11-12H2,1-5H3. The summed E-state index contributed by atoms with van der Waals surface area (Å²) in [6.45, 7) is 10.2. The minimum Gasteiger partial charge on any atom is -0.496 e. The van der Waals surface area contributed by atoms with E-state index in [1.807, 2.05) is 25.2 Å². The molecule has 0 bridgehead atoms. The summed E-state index contributed by atoms with van der Waals surface area (Å²) in [4.78, 5) is 2.35. The molecule has 114 valence electrons. The first-order valence-electron chi connectivity index (χ1n) is 7.37. The summed E-state index contributed by atoms with van der Waals surface area (Å²) in [7, 11) is 3.64. The molecule has 1 aromatic carbocycles. The van der Waals surface area contributed by atoms with Gasteiger partial charge in [0.05, 0.1) is 12.7 Å². The van der Waals surface area contributed by atoms with Crippen LogP contribution in [0.2, 0.25) is 0 Å². The van der Waals surface area contributed by atoms with Crippen LogP contribution in [0.1, 0.15) is 32.4 Å². The van der Waals surface area contributed by atoms with Gasteiger partial charge in [-0.2, -0.15) is 0 Å². The normalized spacial score (nSPS) is 12.5. The molecule has 0 spiro atoms. The minimum absolute atomic E-state index is 0.189. The number of nitrogens with zero attached hydrogens (tertiary/aromatic N) is 1. The monoisotopic (exact) mass is 280 g/mol. The Balaban J connectivity index is 2.78.